The molecular weight excluding hydrogens is 424 g/mol. The molecule has 0 saturated carbocycles. The van der Waals surface area contributed by atoms with E-state index in [4.69, 9.17) is 4.74 Å². The minimum atomic E-state index is -3.71. The summed E-state index contributed by atoms with van der Waals surface area (Å²) in [4.78, 5) is 12.3. The first-order valence-corrected chi connectivity index (χ1v) is 12.0. The molecule has 0 bridgehead atoms. The summed E-state index contributed by atoms with van der Waals surface area (Å²) in [7, 11) is -3.71. The Kier molecular flexibility index (Phi) is 7.89. The highest BCUT2D eigenvalue weighted by atomic mass is 32.2. The van der Waals surface area contributed by atoms with Crippen LogP contribution in [0.5, 0.6) is 5.75 Å². The molecule has 0 radical (unpaired) electrons. The second kappa shape index (κ2) is 10.8. The zero-order valence-corrected chi connectivity index (χ0v) is 19.1. The standard InChI is InChI=1S/C25H28N2O4S/c1-19-7-6-10-22(17-19)27-32(29,30)24-15-13-23(14-16-24)31-18-25(28)26-20(2)11-12-21-8-4-3-5-9-21/h3-10,13-17,20,27H,11-12,18H2,1-2H3,(H,26,28)/t20-/m1/s1. The summed E-state index contributed by atoms with van der Waals surface area (Å²) < 4.78 is 33.2. The second-order valence-corrected chi connectivity index (χ2v) is 9.41. The van der Waals surface area contributed by atoms with E-state index in [1.54, 1.807) is 18.2 Å². The average Bonchev–Trinajstić information content (AvgIpc) is 2.77. The molecule has 0 fully saturated rings. The van der Waals surface area contributed by atoms with E-state index < -0.39 is 10.0 Å². The zero-order valence-electron chi connectivity index (χ0n) is 18.2. The predicted molar refractivity (Wildman–Crippen MR) is 126 cm³/mol. The fourth-order valence-corrected chi connectivity index (χ4v) is 4.25. The third kappa shape index (κ3) is 7.13. The van der Waals surface area contributed by atoms with Gasteiger partial charge in [-0.15, -0.1) is 0 Å². The summed E-state index contributed by atoms with van der Waals surface area (Å²) in [6.07, 6.45) is 1.71. The number of hydrogen-bond acceptors (Lipinski definition) is 4. The molecule has 1 amide bonds. The molecule has 3 rings (SSSR count). The Morgan fingerprint density at radius 2 is 1.69 bits per heavy atom. The van der Waals surface area contributed by atoms with E-state index >= 15 is 0 Å². The van der Waals surface area contributed by atoms with E-state index in [-0.39, 0.29) is 23.5 Å². The number of amides is 1. The number of hydrogen-bond donors (Lipinski definition) is 2. The van der Waals surface area contributed by atoms with Crippen molar-refractivity contribution in [1.29, 1.82) is 0 Å². The molecule has 0 heterocycles. The lowest BCUT2D eigenvalue weighted by atomic mass is 10.1. The molecule has 0 aliphatic carbocycles. The van der Waals surface area contributed by atoms with E-state index in [2.05, 4.69) is 22.2 Å². The Morgan fingerprint density at radius 3 is 2.38 bits per heavy atom. The molecule has 32 heavy (non-hydrogen) atoms. The Hall–Kier alpha value is -3.32. The van der Waals surface area contributed by atoms with E-state index in [1.807, 2.05) is 38.1 Å². The topological polar surface area (TPSA) is 84.5 Å². The van der Waals surface area contributed by atoms with Crippen LogP contribution in [0.1, 0.15) is 24.5 Å². The third-order valence-electron chi connectivity index (χ3n) is 4.89. The predicted octanol–water partition coefficient (Wildman–Crippen LogP) is 4.31. The van der Waals surface area contributed by atoms with E-state index in [1.165, 1.54) is 29.8 Å². The van der Waals surface area contributed by atoms with Gasteiger partial charge in [0.2, 0.25) is 0 Å². The molecule has 3 aromatic rings. The molecule has 0 spiro atoms. The fourth-order valence-electron chi connectivity index (χ4n) is 3.20. The first-order chi connectivity index (χ1) is 15.3. The minimum Gasteiger partial charge on any atom is -0.484 e. The maximum Gasteiger partial charge on any atom is 0.261 e. The van der Waals surface area contributed by atoms with Gasteiger partial charge in [-0.1, -0.05) is 42.5 Å². The normalized spacial score (nSPS) is 12.1. The van der Waals surface area contributed by atoms with Gasteiger partial charge in [0.05, 0.1) is 4.90 Å². The summed E-state index contributed by atoms with van der Waals surface area (Å²) >= 11 is 0. The van der Waals surface area contributed by atoms with E-state index in [0.29, 0.717) is 11.4 Å². The van der Waals surface area contributed by atoms with Crippen LogP contribution in [0.3, 0.4) is 0 Å². The first-order valence-electron chi connectivity index (χ1n) is 10.5. The number of aryl methyl sites for hydroxylation is 2. The van der Waals surface area contributed by atoms with Gasteiger partial charge in [0.25, 0.3) is 15.9 Å². The van der Waals surface area contributed by atoms with Crippen LogP contribution >= 0.6 is 0 Å². The lowest BCUT2D eigenvalue weighted by molar-refractivity contribution is -0.123. The Labute approximate surface area is 189 Å². The van der Waals surface area contributed by atoms with Gasteiger partial charge in [0, 0.05) is 11.7 Å². The molecular formula is C25H28N2O4S. The van der Waals surface area contributed by atoms with Gasteiger partial charge in [-0.05, 0) is 74.2 Å². The quantitative estimate of drug-likeness (QED) is 0.480. The van der Waals surface area contributed by atoms with Crippen molar-refractivity contribution in [3.05, 3.63) is 90.0 Å². The van der Waals surface area contributed by atoms with Crippen molar-refractivity contribution in [2.45, 2.75) is 37.6 Å². The minimum absolute atomic E-state index is 0.0199. The van der Waals surface area contributed by atoms with Gasteiger partial charge in [-0.2, -0.15) is 0 Å². The highest BCUT2D eigenvalue weighted by molar-refractivity contribution is 7.92. The average molecular weight is 453 g/mol. The highest BCUT2D eigenvalue weighted by Crippen LogP contribution is 2.20. The SMILES string of the molecule is Cc1cccc(NS(=O)(=O)c2ccc(OCC(=O)N[C@H](C)CCc3ccccc3)cc2)c1. The van der Waals surface area contributed by atoms with Crippen molar-refractivity contribution < 1.29 is 17.9 Å². The van der Waals surface area contributed by atoms with Crippen LogP contribution in [0.2, 0.25) is 0 Å². The molecule has 0 aromatic heterocycles. The molecule has 3 aromatic carbocycles. The van der Waals surface area contributed by atoms with Crippen LogP contribution < -0.4 is 14.8 Å². The van der Waals surface area contributed by atoms with Crippen molar-refractivity contribution in [3.8, 4) is 5.75 Å². The molecule has 2 N–H and O–H groups in total. The monoisotopic (exact) mass is 452 g/mol. The summed E-state index contributed by atoms with van der Waals surface area (Å²) in [5.74, 6) is 0.204. The van der Waals surface area contributed by atoms with Crippen molar-refractivity contribution in [3.63, 3.8) is 0 Å². The van der Waals surface area contributed by atoms with Crippen LogP contribution in [0.15, 0.2) is 83.8 Å². The Bertz CT molecular complexity index is 1130. The Morgan fingerprint density at radius 1 is 0.969 bits per heavy atom. The maximum atomic E-state index is 12.6. The third-order valence-corrected chi connectivity index (χ3v) is 6.29. The van der Waals surface area contributed by atoms with Crippen LogP contribution in [0.25, 0.3) is 0 Å². The molecule has 0 aliphatic rings. The van der Waals surface area contributed by atoms with Crippen molar-refractivity contribution in [1.82, 2.24) is 5.32 Å². The van der Waals surface area contributed by atoms with Crippen LogP contribution in [0, 0.1) is 6.92 Å². The molecule has 0 aliphatic heterocycles. The number of nitrogens with one attached hydrogen (secondary N) is 2. The summed E-state index contributed by atoms with van der Waals surface area (Å²) in [6.45, 7) is 3.72. The Balaban J connectivity index is 1.47. The van der Waals surface area contributed by atoms with Crippen molar-refractivity contribution in [2.24, 2.45) is 0 Å². The van der Waals surface area contributed by atoms with Gasteiger partial charge in [-0.3, -0.25) is 9.52 Å². The largest absolute Gasteiger partial charge is 0.484 e. The zero-order chi connectivity index (χ0) is 23.0. The number of anilines is 1. The van der Waals surface area contributed by atoms with Crippen LogP contribution in [-0.2, 0) is 21.2 Å². The van der Waals surface area contributed by atoms with Gasteiger partial charge in [-0.25, -0.2) is 8.42 Å². The van der Waals surface area contributed by atoms with E-state index in [9.17, 15) is 13.2 Å². The van der Waals surface area contributed by atoms with Crippen LogP contribution in [0.4, 0.5) is 5.69 Å². The lowest BCUT2D eigenvalue weighted by Gasteiger charge is -2.14. The number of sulfonamides is 1. The maximum absolute atomic E-state index is 12.6. The molecule has 7 heteroatoms. The van der Waals surface area contributed by atoms with Crippen molar-refractivity contribution in [2.75, 3.05) is 11.3 Å². The first kappa shape index (κ1) is 23.3. The van der Waals surface area contributed by atoms with Gasteiger partial charge in [0.15, 0.2) is 6.61 Å². The van der Waals surface area contributed by atoms with Crippen LogP contribution in [-0.4, -0.2) is 27.0 Å². The summed E-state index contributed by atoms with van der Waals surface area (Å²) in [5, 5.41) is 2.92. The molecule has 0 saturated heterocycles. The molecule has 1 atom stereocenters. The summed E-state index contributed by atoms with van der Waals surface area (Å²) in [6, 6.07) is 23.3. The highest BCUT2D eigenvalue weighted by Gasteiger charge is 2.15. The fraction of sp³-hybridized carbons (Fsp3) is 0.240. The number of rotatable bonds is 10. The summed E-state index contributed by atoms with van der Waals surface area (Å²) in [5.41, 5.74) is 2.70. The molecule has 6 nitrogen and oxygen atoms in total. The van der Waals surface area contributed by atoms with Gasteiger partial charge in [0.1, 0.15) is 5.75 Å². The smallest absolute Gasteiger partial charge is 0.261 e. The van der Waals surface area contributed by atoms with Gasteiger partial charge < -0.3 is 10.1 Å². The second-order valence-electron chi connectivity index (χ2n) is 7.73. The number of ether oxygens (including phenoxy) is 1. The molecule has 168 valence electrons. The van der Waals surface area contributed by atoms with Gasteiger partial charge >= 0.3 is 0 Å². The molecule has 0 unspecified atom stereocenters. The number of benzene rings is 3. The number of carbonyl (C=O) groups is 1. The lowest BCUT2D eigenvalue weighted by Crippen LogP contribution is -2.36. The van der Waals surface area contributed by atoms with E-state index in [0.717, 1.165) is 18.4 Å². The van der Waals surface area contributed by atoms with Crippen molar-refractivity contribution >= 4 is 21.6 Å². The number of carbonyl (C=O) groups excluding carboxylic acids is 1.